The Hall–Kier alpha value is -0.460. The van der Waals surface area contributed by atoms with Crippen molar-refractivity contribution >= 4 is 17.8 Å². The Morgan fingerprint density at radius 1 is 1.00 bits per heavy atom. The highest BCUT2D eigenvalue weighted by Crippen LogP contribution is 2.09. The number of rotatable bonds is 6. The Morgan fingerprint density at radius 3 is 2.55 bits per heavy atom. The second kappa shape index (κ2) is 10.3. The van der Waals surface area contributed by atoms with Gasteiger partial charge in [-0.1, -0.05) is 6.92 Å². The van der Waals surface area contributed by atoms with Crippen LogP contribution in [0, 0.1) is 0 Å². The van der Waals surface area contributed by atoms with E-state index in [1.807, 2.05) is 16.7 Å². The number of nitrogens with zero attached hydrogens (tertiary/aromatic N) is 3. The summed E-state index contributed by atoms with van der Waals surface area (Å²) in [6.07, 6.45) is 3.40. The van der Waals surface area contributed by atoms with Crippen LogP contribution in [0.4, 0.5) is 4.79 Å². The van der Waals surface area contributed by atoms with Crippen LogP contribution in [0.3, 0.4) is 0 Å². The minimum absolute atomic E-state index is 0.138. The van der Waals surface area contributed by atoms with Crippen LogP contribution >= 0.6 is 11.8 Å². The lowest BCUT2D eigenvalue weighted by Crippen LogP contribution is -2.46. The van der Waals surface area contributed by atoms with Gasteiger partial charge in [-0.3, -0.25) is 0 Å². The van der Waals surface area contributed by atoms with Gasteiger partial charge < -0.3 is 20.0 Å². The Balaban J connectivity index is 1.49. The smallest absolute Gasteiger partial charge is 0.317 e. The summed E-state index contributed by atoms with van der Waals surface area (Å²) in [5, 5.41) is 3.09. The molecule has 6 heteroatoms. The third-order valence-electron chi connectivity index (χ3n) is 4.60. The molecule has 2 heterocycles. The Kier molecular flexibility index (Phi) is 8.41. The largest absolute Gasteiger partial charge is 0.338 e. The second-order valence-corrected chi connectivity index (χ2v) is 7.39. The van der Waals surface area contributed by atoms with Crippen molar-refractivity contribution in [2.75, 3.05) is 70.4 Å². The molecule has 0 aromatic heterocycles. The predicted octanol–water partition coefficient (Wildman–Crippen LogP) is 1.55. The van der Waals surface area contributed by atoms with Crippen molar-refractivity contribution in [3.63, 3.8) is 0 Å². The number of hydrogen-bond donors (Lipinski definition) is 1. The molecule has 0 atom stereocenters. The van der Waals surface area contributed by atoms with Crippen molar-refractivity contribution in [2.45, 2.75) is 26.2 Å². The Labute approximate surface area is 139 Å². The molecule has 0 radical (unpaired) electrons. The molecule has 2 aliphatic heterocycles. The van der Waals surface area contributed by atoms with E-state index in [2.05, 4.69) is 22.0 Å². The molecular weight excluding hydrogens is 296 g/mol. The van der Waals surface area contributed by atoms with Gasteiger partial charge >= 0.3 is 6.03 Å². The predicted molar refractivity (Wildman–Crippen MR) is 94.7 cm³/mol. The van der Waals surface area contributed by atoms with E-state index in [9.17, 15) is 4.79 Å². The van der Waals surface area contributed by atoms with E-state index in [1.165, 1.54) is 51.4 Å². The summed E-state index contributed by atoms with van der Waals surface area (Å²) in [7, 11) is 0. The number of thioether (sulfide) groups is 1. The minimum atomic E-state index is 0.138. The third-order valence-corrected chi connectivity index (χ3v) is 5.65. The maximum Gasteiger partial charge on any atom is 0.317 e. The zero-order valence-corrected chi connectivity index (χ0v) is 14.9. The first-order valence-corrected chi connectivity index (χ1v) is 10.0. The molecule has 0 unspecified atom stereocenters. The molecule has 0 bridgehead atoms. The van der Waals surface area contributed by atoms with E-state index >= 15 is 0 Å². The Morgan fingerprint density at radius 2 is 1.77 bits per heavy atom. The molecule has 2 amide bonds. The average Bonchev–Trinajstić information content (AvgIpc) is 2.84. The summed E-state index contributed by atoms with van der Waals surface area (Å²) in [5.41, 5.74) is 0. The number of hydrogen-bond acceptors (Lipinski definition) is 4. The van der Waals surface area contributed by atoms with Gasteiger partial charge in [-0.15, -0.1) is 0 Å². The monoisotopic (exact) mass is 328 g/mol. The fourth-order valence-electron chi connectivity index (χ4n) is 3.05. The zero-order valence-electron chi connectivity index (χ0n) is 14.1. The molecule has 0 saturated carbocycles. The molecule has 0 aromatic carbocycles. The van der Waals surface area contributed by atoms with E-state index in [0.29, 0.717) is 0 Å². The highest BCUT2D eigenvalue weighted by molar-refractivity contribution is 7.99. The number of amides is 2. The summed E-state index contributed by atoms with van der Waals surface area (Å²) < 4.78 is 0. The molecule has 128 valence electrons. The van der Waals surface area contributed by atoms with E-state index < -0.39 is 0 Å². The summed E-state index contributed by atoms with van der Waals surface area (Å²) in [6.45, 7) is 12.0. The van der Waals surface area contributed by atoms with Gasteiger partial charge in [0.25, 0.3) is 0 Å². The molecule has 2 rings (SSSR count). The number of urea groups is 1. The molecule has 5 nitrogen and oxygen atoms in total. The number of carbonyl (C=O) groups excluding carboxylic acids is 1. The van der Waals surface area contributed by atoms with E-state index in [-0.39, 0.29) is 6.03 Å². The minimum Gasteiger partial charge on any atom is -0.338 e. The van der Waals surface area contributed by atoms with E-state index in [1.54, 1.807) is 0 Å². The molecule has 1 N–H and O–H groups in total. The van der Waals surface area contributed by atoms with Crippen LogP contribution in [0.5, 0.6) is 0 Å². The lowest BCUT2D eigenvalue weighted by molar-refractivity contribution is 0.135. The number of unbranched alkanes of at least 4 members (excludes halogenated alkanes) is 1. The van der Waals surface area contributed by atoms with Crippen LogP contribution in [-0.2, 0) is 0 Å². The van der Waals surface area contributed by atoms with Crippen molar-refractivity contribution in [2.24, 2.45) is 0 Å². The number of nitrogens with one attached hydrogen (secondary N) is 1. The van der Waals surface area contributed by atoms with E-state index in [0.717, 1.165) is 38.2 Å². The van der Waals surface area contributed by atoms with Gasteiger partial charge in [0.15, 0.2) is 0 Å². The normalized spacial score (nSPS) is 21.6. The fraction of sp³-hybridized carbons (Fsp3) is 0.938. The van der Waals surface area contributed by atoms with Crippen LogP contribution in [0.25, 0.3) is 0 Å². The molecule has 2 fully saturated rings. The first-order chi connectivity index (χ1) is 10.8. The quantitative estimate of drug-likeness (QED) is 0.751. The van der Waals surface area contributed by atoms with Crippen molar-refractivity contribution in [1.82, 2.24) is 20.0 Å². The summed E-state index contributed by atoms with van der Waals surface area (Å²) in [6, 6.07) is 0.138. The third kappa shape index (κ3) is 6.34. The van der Waals surface area contributed by atoms with Crippen molar-refractivity contribution in [3.8, 4) is 0 Å². The average molecular weight is 329 g/mol. The van der Waals surface area contributed by atoms with Crippen LogP contribution in [0.2, 0.25) is 0 Å². The molecule has 0 aliphatic carbocycles. The van der Waals surface area contributed by atoms with Gasteiger partial charge in [0.05, 0.1) is 0 Å². The first-order valence-electron chi connectivity index (χ1n) is 8.85. The fourth-order valence-corrected chi connectivity index (χ4v) is 3.93. The van der Waals surface area contributed by atoms with Crippen LogP contribution < -0.4 is 5.32 Å². The number of piperazine rings is 1. The summed E-state index contributed by atoms with van der Waals surface area (Å²) in [4.78, 5) is 19.1. The molecule has 2 aliphatic rings. The van der Waals surface area contributed by atoms with Gasteiger partial charge in [-0.2, -0.15) is 11.8 Å². The number of likely N-dealkylation sites (N-methyl/N-ethyl adjacent to an activating group) is 1. The topological polar surface area (TPSA) is 38.8 Å². The van der Waals surface area contributed by atoms with Crippen molar-refractivity contribution < 1.29 is 4.79 Å². The molecule has 22 heavy (non-hydrogen) atoms. The van der Waals surface area contributed by atoms with Crippen LogP contribution in [0.15, 0.2) is 0 Å². The number of carbonyl (C=O) groups is 1. The summed E-state index contributed by atoms with van der Waals surface area (Å²) in [5.74, 6) is 2.27. The maximum atomic E-state index is 12.1. The van der Waals surface area contributed by atoms with Crippen molar-refractivity contribution in [1.29, 1.82) is 0 Å². The maximum absolute atomic E-state index is 12.1. The van der Waals surface area contributed by atoms with Gasteiger partial charge in [-0.25, -0.2) is 4.79 Å². The van der Waals surface area contributed by atoms with Gasteiger partial charge in [0.2, 0.25) is 0 Å². The zero-order chi connectivity index (χ0) is 15.6. The molecule has 0 spiro atoms. The van der Waals surface area contributed by atoms with Crippen molar-refractivity contribution in [3.05, 3.63) is 0 Å². The lowest BCUT2D eigenvalue weighted by atomic mass is 10.2. The Bertz CT molecular complexity index is 313. The molecule has 2 saturated heterocycles. The lowest BCUT2D eigenvalue weighted by Gasteiger charge is -2.34. The van der Waals surface area contributed by atoms with Crippen LogP contribution in [0.1, 0.15) is 26.2 Å². The highest BCUT2D eigenvalue weighted by Gasteiger charge is 2.16. The van der Waals surface area contributed by atoms with Gasteiger partial charge in [-0.05, 0) is 38.1 Å². The standard InChI is InChI=1S/C16H32N4OS/c1-2-18-9-11-19(12-10-18)7-4-3-6-17-16(21)20-8-5-14-22-15-13-20/h2-15H2,1H3,(H,17,21). The van der Waals surface area contributed by atoms with Gasteiger partial charge in [0, 0.05) is 51.6 Å². The molecular formula is C16H32N4OS. The van der Waals surface area contributed by atoms with Crippen LogP contribution in [-0.4, -0.2) is 91.1 Å². The highest BCUT2D eigenvalue weighted by atomic mass is 32.2. The summed E-state index contributed by atoms with van der Waals surface area (Å²) >= 11 is 1.96. The van der Waals surface area contributed by atoms with E-state index in [4.69, 9.17) is 0 Å². The van der Waals surface area contributed by atoms with Gasteiger partial charge in [0.1, 0.15) is 0 Å². The molecule has 0 aromatic rings. The SMILES string of the molecule is CCN1CCN(CCCCNC(=O)N2CCCSCC2)CC1. The second-order valence-electron chi connectivity index (χ2n) is 6.17. The first kappa shape index (κ1) is 17.9.